The summed E-state index contributed by atoms with van der Waals surface area (Å²) in [5, 5.41) is 2.52. The molecule has 9 heteroatoms. The van der Waals surface area contributed by atoms with Crippen LogP contribution in [0.1, 0.15) is 23.2 Å². The second kappa shape index (κ2) is 7.79. The number of pyridine rings is 1. The molecule has 28 heavy (non-hydrogen) atoms. The molecular formula is C19H16F4N4O. The highest BCUT2D eigenvalue weighted by Gasteiger charge is 2.34. The molecule has 0 spiro atoms. The Kier molecular flexibility index (Phi) is 5.43. The molecule has 2 aromatic rings. The first-order valence-corrected chi connectivity index (χ1v) is 8.38. The Morgan fingerprint density at radius 1 is 1.29 bits per heavy atom. The molecule has 1 aromatic carbocycles. The van der Waals surface area contributed by atoms with Crippen molar-refractivity contribution in [1.82, 2.24) is 4.98 Å². The summed E-state index contributed by atoms with van der Waals surface area (Å²) in [7, 11) is 0. The Balaban J connectivity index is 1.81. The number of alkyl halides is 3. The van der Waals surface area contributed by atoms with Gasteiger partial charge in [0.25, 0.3) is 5.91 Å². The summed E-state index contributed by atoms with van der Waals surface area (Å²) in [6.07, 6.45) is 0.289. The van der Waals surface area contributed by atoms with Crippen molar-refractivity contribution in [3.63, 3.8) is 0 Å². The van der Waals surface area contributed by atoms with Gasteiger partial charge in [0.1, 0.15) is 5.70 Å². The number of halogens is 4. The van der Waals surface area contributed by atoms with E-state index in [0.29, 0.717) is 18.4 Å². The van der Waals surface area contributed by atoms with Crippen LogP contribution >= 0.6 is 0 Å². The van der Waals surface area contributed by atoms with Crippen LogP contribution in [0.5, 0.6) is 0 Å². The maximum Gasteiger partial charge on any atom is 0.430 e. The summed E-state index contributed by atoms with van der Waals surface area (Å²) in [6, 6.07) is 6.89. The molecule has 1 amide bonds. The van der Waals surface area contributed by atoms with Crippen LogP contribution in [0.2, 0.25) is 0 Å². The first kappa shape index (κ1) is 19.5. The van der Waals surface area contributed by atoms with Crippen LogP contribution in [0.15, 0.2) is 59.5 Å². The number of benzene rings is 1. The van der Waals surface area contributed by atoms with Crippen LogP contribution in [-0.2, 0) is 0 Å². The number of hydrogen-bond acceptors (Lipinski definition) is 4. The van der Waals surface area contributed by atoms with Crippen molar-refractivity contribution in [2.75, 3.05) is 5.32 Å². The van der Waals surface area contributed by atoms with Gasteiger partial charge in [0, 0.05) is 29.7 Å². The van der Waals surface area contributed by atoms with E-state index in [1.54, 1.807) is 12.1 Å². The Morgan fingerprint density at radius 2 is 2.04 bits per heavy atom. The van der Waals surface area contributed by atoms with Gasteiger partial charge in [-0.2, -0.15) is 13.2 Å². The molecule has 1 saturated carbocycles. The van der Waals surface area contributed by atoms with Crippen LogP contribution < -0.4 is 11.1 Å². The van der Waals surface area contributed by atoms with E-state index in [1.165, 1.54) is 24.5 Å². The second-order valence-electron chi connectivity index (χ2n) is 6.27. The molecule has 146 valence electrons. The van der Waals surface area contributed by atoms with Gasteiger partial charge in [0.05, 0.1) is 11.3 Å². The Hall–Kier alpha value is -3.23. The smallest absolute Gasteiger partial charge is 0.395 e. The van der Waals surface area contributed by atoms with Gasteiger partial charge in [-0.1, -0.05) is 0 Å². The molecule has 0 atom stereocenters. The van der Waals surface area contributed by atoms with E-state index in [1.807, 2.05) is 0 Å². The third-order valence-electron chi connectivity index (χ3n) is 4.01. The summed E-state index contributed by atoms with van der Waals surface area (Å²) in [4.78, 5) is 19.9. The Labute approximate surface area is 158 Å². The molecule has 3 N–H and O–H groups in total. The molecule has 0 aliphatic heterocycles. The molecule has 0 saturated heterocycles. The monoisotopic (exact) mass is 392 g/mol. The van der Waals surface area contributed by atoms with Gasteiger partial charge in [-0.05, 0) is 49.2 Å². The number of carbonyl (C=O) groups is 1. The number of aromatic nitrogens is 1. The fourth-order valence-electron chi connectivity index (χ4n) is 2.38. The van der Waals surface area contributed by atoms with Crippen molar-refractivity contribution in [3.8, 4) is 0 Å². The molecule has 1 aromatic heterocycles. The summed E-state index contributed by atoms with van der Waals surface area (Å²) in [6.45, 7) is 0. The van der Waals surface area contributed by atoms with E-state index in [0.717, 1.165) is 12.1 Å². The second-order valence-corrected chi connectivity index (χ2v) is 6.27. The highest BCUT2D eigenvalue weighted by molar-refractivity contribution is 6.04. The van der Waals surface area contributed by atoms with E-state index in [9.17, 15) is 22.4 Å². The number of nitrogens with two attached hydrogens (primary N) is 1. The van der Waals surface area contributed by atoms with Gasteiger partial charge in [-0.3, -0.25) is 14.8 Å². The first-order valence-electron chi connectivity index (χ1n) is 8.38. The zero-order chi connectivity index (χ0) is 20.3. The molecule has 0 unspecified atom stereocenters. The standard InChI is InChI=1S/C19H16F4N4O/c20-14-8-13(26-18(28)12-2-1-7-25-10-12)5-6-15(14)27-16(11-3-4-11)9-17(24)19(21,22)23/h1-2,5-11H,3-4,24H2,(H,26,28). The molecular weight excluding hydrogens is 376 g/mol. The van der Waals surface area contributed by atoms with Gasteiger partial charge >= 0.3 is 6.18 Å². The molecule has 0 radical (unpaired) electrons. The largest absolute Gasteiger partial charge is 0.430 e. The van der Waals surface area contributed by atoms with Gasteiger partial charge in [0.15, 0.2) is 5.82 Å². The van der Waals surface area contributed by atoms with Crippen LogP contribution in [0.4, 0.5) is 28.9 Å². The minimum atomic E-state index is -4.67. The number of carbonyl (C=O) groups excluding carboxylic acids is 1. The summed E-state index contributed by atoms with van der Waals surface area (Å²) >= 11 is 0. The van der Waals surface area contributed by atoms with E-state index in [-0.39, 0.29) is 23.0 Å². The van der Waals surface area contributed by atoms with Crippen molar-refractivity contribution in [3.05, 3.63) is 65.9 Å². The van der Waals surface area contributed by atoms with Crippen molar-refractivity contribution in [2.24, 2.45) is 16.6 Å². The first-order chi connectivity index (χ1) is 13.2. The summed E-state index contributed by atoms with van der Waals surface area (Å²) in [5.74, 6) is -1.42. The molecule has 1 aliphatic rings. The highest BCUT2D eigenvalue weighted by Crippen LogP contribution is 2.35. The number of amides is 1. The normalized spacial score (nSPS) is 15.4. The van der Waals surface area contributed by atoms with Gasteiger partial charge in [-0.15, -0.1) is 0 Å². The predicted octanol–water partition coefficient (Wildman–Crippen LogP) is 4.36. The average molecular weight is 392 g/mol. The lowest BCUT2D eigenvalue weighted by Gasteiger charge is -2.09. The topological polar surface area (TPSA) is 80.4 Å². The molecule has 0 bridgehead atoms. The summed E-state index contributed by atoms with van der Waals surface area (Å²) < 4.78 is 52.3. The third kappa shape index (κ3) is 4.93. The Bertz CT molecular complexity index is 935. The molecule has 1 heterocycles. The minimum Gasteiger partial charge on any atom is -0.395 e. The minimum absolute atomic E-state index is 0.0841. The number of aliphatic imine (C=N–C) groups is 1. The van der Waals surface area contributed by atoms with Crippen molar-refractivity contribution in [2.45, 2.75) is 19.0 Å². The van der Waals surface area contributed by atoms with Gasteiger partial charge in [0.2, 0.25) is 0 Å². The van der Waals surface area contributed by atoms with Gasteiger partial charge < -0.3 is 11.1 Å². The van der Waals surface area contributed by atoms with E-state index in [2.05, 4.69) is 15.3 Å². The maximum atomic E-state index is 14.4. The molecule has 5 nitrogen and oxygen atoms in total. The zero-order valence-corrected chi connectivity index (χ0v) is 14.5. The molecule has 3 rings (SSSR count). The van der Waals surface area contributed by atoms with Crippen molar-refractivity contribution in [1.29, 1.82) is 0 Å². The van der Waals surface area contributed by atoms with E-state index >= 15 is 0 Å². The number of rotatable bonds is 5. The van der Waals surface area contributed by atoms with E-state index < -0.39 is 23.6 Å². The lowest BCUT2D eigenvalue weighted by molar-refractivity contribution is -0.0925. The van der Waals surface area contributed by atoms with Crippen molar-refractivity contribution < 1.29 is 22.4 Å². The number of hydrogen-bond donors (Lipinski definition) is 2. The van der Waals surface area contributed by atoms with Crippen LogP contribution in [0, 0.1) is 11.7 Å². The SMILES string of the molecule is NC(=CC(=Nc1ccc(NC(=O)c2cccnc2)cc1F)C1CC1)C(F)(F)F. The lowest BCUT2D eigenvalue weighted by atomic mass is 10.2. The number of anilines is 1. The molecule has 1 aliphatic carbocycles. The molecule has 1 fully saturated rings. The van der Waals surface area contributed by atoms with Crippen LogP contribution in [-0.4, -0.2) is 22.8 Å². The number of allylic oxidation sites excluding steroid dienone is 2. The van der Waals surface area contributed by atoms with Crippen LogP contribution in [0.25, 0.3) is 0 Å². The fraction of sp³-hybridized carbons (Fsp3) is 0.211. The Morgan fingerprint density at radius 3 is 2.61 bits per heavy atom. The highest BCUT2D eigenvalue weighted by atomic mass is 19.4. The third-order valence-corrected chi connectivity index (χ3v) is 4.01. The maximum absolute atomic E-state index is 14.4. The van der Waals surface area contributed by atoms with Crippen LogP contribution in [0.3, 0.4) is 0 Å². The van der Waals surface area contributed by atoms with Crippen molar-refractivity contribution >= 4 is 23.0 Å². The number of nitrogens with one attached hydrogen (secondary N) is 1. The lowest BCUT2D eigenvalue weighted by Crippen LogP contribution is -2.21. The fourth-order valence-corrected chi connectivity index (χ4v) is 2.38. The average Bonchev–Trinajstić information content (AvgIpc) is 3.48. The quantitative estimate of drug-likeness (QED) is 0.586. The predicted molar refractivity (Wildman–Crippen MR) is 96.7 cm³/mol. The number of nitrogens with zero attached hydrogens (tertiary/aromatic N) is 2. The van der Waals surface area contributed by atoms with E-state index in [4.69, 9.17) is 5.73 Å². The summed E-state index contributed by atoms with van der Waals surface area (Å²) in [5.41, 5.74) is 4.21. The zero-order valence-electron chi connectivity index (χ0n) is 14.5. The van der Waals surface area contributed by atoms with Gasteiger partial charge in [-0.25, -0.2) is 4.39 Å².